The van der Waals surface area contributed by atoms with Gasteiger partial charge in [0, 0.05) is 13.1 Å². The fourth-order valence-electron chi connectivity index (χ4n) is 3.02. The first kappa shape index (κ1) is 12.6. The second kappa shape index (κ2) is 5.68. The predicted molar refractivity (Wildman–Crippen MR) is 73.8 cm³/mol. The summed E-state index contributed by atoms with van der Waals surface area (Å²) in [4.78, 5) is 2.62. The van der Waals surface area contributed by atoms with Gasteiger partial charge < -0.3 is 0 Å². The fraction of sp³-hybridized carbons (Fsp3) is 0.625. The molecule has 17 heavy (non-hydrogen) atoms. The highest BCUT2D eigenvalue weighted by atomic mass is 15.1. The molecule has 1 aliphatic heterocycles. The lowest BCUT2D eigenvalue weighted by Gasteiger charge is -2.39. The molecule has 0 radical (unpaired) electrons. The van der Waals surface area contributed by atoms with Crippen LogP contribution in [-0.4, -0.2) is 18.0 Å². The Labute approximate surface area is 106 Å². The first-order chi connectivity index (χ1) is 8.16. The average molecular weight is 231 g/mol. The molecule has 1 heterocycles. The maximum atomic E-state index is 2.62. The van der Waals surface area contributed by atoms with Gasteiger partial charge in [0.2, 0.25) is 0 Å². The van der Waals surface area contributed by atoms with Crippen molar-refractivity contribution in [3.63, 3.8) is 0 Å². The second-order valence-corrected chi connectivity index (χ2v) is 5.89. The monoisotopic (exact) mass is 231 g/mol. The van der Waals surface area contributed by atoms with Gasteiger partial charge in [0.15, 0.2) is 0 Å². The summed E-state index contributed by atoms with van der Waals surface area (Å²) in [5, 5.41) is 0. The van der Waals surface area contributed by atoms with Crippen molar-refractivity contribution in [3.05, 3.63) is 35.9 Å². The van der Waals surface area contributed by atoms with Gasteiger partial charge in [-0.05, 0) is 36.3 Å². The number of hydrogen-bond donors (Lipinski definition) is 0. The number of hydrogen-bond acceptors (Lipinski definition) is 1. The molecule has 0 aliphatic carbocycles. The van der Waals surface area contributed by atoms with Crippen LogP contribution in [-0.2, 0) is 6.54 Å². The lowest BCUT2D eigenvalue weighted by atomic mass is 9.79. The second-order valence-electron chi connectivity index (χ2n) is 5.89. The Balaban J connectivity index is 1.95. The number of piperidine rings is 1. The van der Waals surface area contributed by atoms with Crippen molar-refractivity contribution < 1.29 is 0 Å². The summed E-state index contributed by atoms with van der Waals surface area (Å²) in [5.41, 5.74) is 1.45. The topological polar surface area (TPSA) is 3.24 Å². The third-order valence-electron chi connectivity index (χ3n) is 4.21. The number of nitrogens with zero attached hydrogens (tertiary/aromatic N) is 1. The maximum absolute atomic E-state index is 2.62. The van der Waals surface area contributed by atoms with Crippen molar-refractivity contribution in [3.8, 4) is 0 Å². The van der Waals surface area contributed by atoms with Gasteiger partial charge in [0.05, 0.1) is 0 Å². The molecule has 1 nitrogen and oxygen atoms in total. The molecule has 0 spiro atoms. The van der Waals surface area contributed by atoms with Gasteiger partial charge in [0.1, 0.15) is 0 Å². The summed E-state index contributed by atoms with van der Waals surface area (Å²) in [6.45, 7) is 10.8. The lowest BCUT2D eigenvalue weighted by molar-refractivity contribution is 0.0926. The van der Waals surface area contributed by atoms with E-state index in [0.29, 0.717) is 0 Å². The van der Waals surface area contributed by atoms with Gasteiger partial charge in [-0.15, -0.1) is 0 Å². The van der Waals surface area contributed by atoms with Crippen molar-refractivity contribution in [2.45, 2.75) is 33.7 Å². The van der Waals surface area contributed by atoms with Crippen LogP contribution < -0.4 is 0 Å². The fourth-order valence-corrected chi connectivity index (χ4v) is 3.02. The average Bonchev–Trinajstić information content (AvgIpc) is 2.32. The molecule has 2 rings (SSSR count). The van der Waals surface area contributed by atoms with Crippen LogP contribution in [0.4, 0.5) is 0 Å². The van der Waals surface area contributed by atoms with E-state index in [4.69, 9.17) is 0 Å². The van der Waals surface area contributed by atoms with E-state index in [9.17, 15) is 0 Å². The Bertz CT molecular complexity index is 331. The van der Waals surface area contributed by atoms with Crippen molar-refractivity contribution >= 4 is 0 Å². The van der Waals surface area contributed by atoms with Gasteiger partial charge in [0.25, 0.3) is 0 Å². The summed E-state index contributed by atoms with van der Waals surface area (Å²) in [5.74, 6) is 2.57. The van der Waals surface area contributed by atoms with Crippen molar-refractivity contribution in [2.75, 3.05) is 13.1 Å². The molecule has 2 unspecified atom stereocenters. The van der Waals surface area contributed by atoms with Crippen LogP contribution in [0.5, 0.6) is 0 Å². The van der Waals surface area contributed by atoms with E-state index in [-0.39, 0.29) is 0 Å². The predicted octanol–water partition coefficient (Wildman–Crippen LogP) is 3.80. The van der Waals surface area contributed by atoms with E-state index >= 15 is 0 Å². The van der Waals surface area contributed by atoms with Crippen molar-refractivity contribution in [2.24, 2.45) is 17.8 Å². The van der Waals surface area contributed by atoms with Crippen LogP contribution >= 0.6 is 0 Å². The van der Waals surface area contributed by atoms with Gasteiger partial charge in [-0.2, -0.15) is 0 Å². The Morgan fingerprint density at radius 1 is 1.24 bits per heavy atom. The summed E-state index contributed by atoms with van der Waals surface area (Å²) in [7, 11) is 0. The van der Waals surface area contributed by atoms with Gasteiger partial charge in [-0.25, -0.2) is 0 Å². The van der Waals surface area contributed by atoms with Crippen molar-refractivity contribution in [1.29, 1.82) is 0 Å². The first-order valence-corrected chi connectivity index (χ1v) is 6.93. The van der Waals surface area contributed by atoms with Gasteiger partial charge >= 0.3 is 0 Å². The molecule has 1 heteroatoms. The summed E-state index contributed by atoms with van der Waals surface area (Å²) < 4.78 is 0. The zero-order chi connectivity index (χ0) is 12.3. The molecule has 1 fully saturated rings. The van der Waals surface area contributed by atoms with E-state index in [0.717, 1.165) is 24.3 Å². The highest BCUT2D eigenvalue weighted by Crippen LogP contribution is 2.29. The summed E-state index contributed by atoms with van der Waals surface area (Å²) in [6.07, 6.45) is 1.36. The van der Waals surface area contributed by atoms with Crippen LogP contribution in [0.3, 0.4) is 0 Å². The molecule has 1 aliphatic rings. The molecule has 1 saturated heterocycles. The molecule has 0 saturated carbocycles. The number of rotatable bonds is 3. The SMILES string of the molecule is CC(C)C1CN(Cc2ccccc2)CCC1C. The molecule has 1 aromatic carbocycles. The van der Waals surface area contributed by atoms with Crippen LogP contribution in [0.2, 0.25) is 0 Å². The van der Waals surface area contributed by atoms with E-state index in [1.165, 1.54) is 25.1 Å². The highest BCUT2D eigenvalue weighted by molar-refractivity contribution is 5.14. The molecule has 2 atom stereocenters. The Morgan fingerprint density at radius 2 is 1.94 bits per heavy atom. The Kier molecular flexibility index (Phi) is 4.22. The summed E-state index contributed by atoms with van der Waals surface area (Å²) in [6, 6.07) is 10.9. The molecule has 94 valence electrons. The number of likely N-dealkylation sites (tertiary alicyclic amines) is 1. The number of benzene rings is 1. The molecule has 0 bridgehead atoms. The van der Waals surface area contributed by atoms with E-state index in [1.54, 1.807) is 0 Å². The van der Waals surface area contributed by atoms with Crippen LogP contribution in [0, 0.1) is 17.8 Å². The third kappa shape index (κ3) is 3.32. The lowest BCUT2D eigenvalue weighted by Crippen LogP contribution is -2.41. The van der Waals surface area contributed by atoms with Crippen LogP contribution in [0.1, 0.15) is 32.8 Å². The van der Waals surface area contributed by atoms with Gasteiger partial charge in [-0.1, -0.05) is 51.1 Å². The maximum Gasteiger partial charge on any atom is 0.0233 e. The first-order valence-electron chi connectivity index (χ1n) is 6.93. The summed E-state index contributed by atoms with van der Waals surface area (Å²) >= 11 is 0. The van der Waals surface area contributed by atoms with Gasteiger partial charge in [-0.3, -0.25) is 4.90 Å². The van der Waals surface area contributed by atoms with Crippen LogP contribution in [0.25, 0.3) is 0 Å². The highest BCUT2D eigenvalue weighted by Gasteiger charge is 2.28. The minimum absolute atomic E-state index is 0.809. The van der Waals surface area contributed by atoms with E-state index < -0.39 is 0 Å². The molecular weight excluding hydrogens is 206 g/mol. The van der Waals surface area contributed by atoms with Crippen LogP contribution in [0.15, 0.2) is 30.3 Å². The molecule has 1 aromatic rings. The third-order valence-corrected chi connectivity index (χ3v) is 4.21. The minimum Gasteiger partial charge on any atom is -0.299 e. The standard InChI is InChI=1S/C16H25N/c1-13(2)16-12-17(10-9-14(16)3)11-15-7-5-4-6-8-15/h4-8,13-14,16H,9-12H2,1-3H3. The zero-order valence-corrected chi connectivity index (χ0v) is 11.4. The minimum atomic E-state index is 0.809. The van der Waals surface area contributed by atoms with E-state index in [1.807, 2.05) is 0 Å². The Morgan fingerprint density at radius 3 is 2.59 bits per heavy atom. The quantitative estimate of drug-likeness (QED) is 0.765. The normalized spacial score (nSPS) is 26.4. The molecular formula is C16H25N. The van der Waals surface area contributed by atoms with Crippen molar-refractivity contribution in [1.82, 2.24) is 4.90 Å². The Hall–Kier alpha value is -0.820. The molecule has 0 amide bonds. The smallest absolute Gasteiger partial charge is 0.0233 e. The molecule has 0 aromatic heterocycles. The van der Waals surface area contributed by atoms with E-state index in [2.05, 4.69) is 56.0 Å². The zero-order valence-electron chi connectivity index (χ0n) is 11.4. The molecule has 0 N–H and O–H groups in total. The largest absolute Gasteiger partial charge is 0.299 e.